The predicted octanol–water partition coefficient (Wildman–Crippen LogP) is 2.82. The Kier molecular flexibility index (Phi) is 4.87. The molecule has 0 fully saturated rings. The topological polar surface area (TPSA) is 56.1 Å². The van der Waals surface area contributed by atoms with Crippen molar-refractivity contribution in [3.63, 3.8) is 0 Å². The van der Waals surface area contributed by atoms with Crippen LogP contribution >= 0.6 is 11.3 Å². The van der Waals surface area contributed by atoms with Crippen LogP contribution in [0.1, 0.15) is 28.1 Å². The highest BCUT2D eigenvalue weighted by molar-refractivity contribution is 7.09. The molecule has 7 heteroatoms. The Labute approximate surface area is 151 Å². The molecule has 0 bridgehead atoms. The second-order valence-corrected chi connectivity index (χ2v) is 7.31. The summed E-state index contributed by atoms with van der Waals surface area (Å²) < 4.78 is 8.21. The minimum atomic E-state index is 0.260. The highest BCUT2D eigenvalue weighted by Gasteiger charge is 2.25. The van der Waals surface area contributed by atoms with Gasteiger partial charge < -0.3 is 9.30 Å². The third-order valence-corrected chi connectivity index (χ3v) is 5.11. The minimum absolute atomic E-state index is 0.260. The molecule has 0 saturated carbocycles. The third-order valence-electron chi connectivity index (χ3n) is 4.34. The summed E-state index contributed by atoms with van der Waals surface area (Å²) in [5.74, 6) is 0. The van der Waals surface area contributed by atoms with E-state index in [9.17, 15) is 0 Å². The van der Waals surface area contributed by atoms with Crippen molar-refractivity contribution in [1.82, 2.24) is 24.4 Å². The van der Waals surface area contributed by atoms with Gasteiger partial charge in [0, 0.05) is 36.6 Å². The first-order valence-corrected chi connectivity index (χ1v) is 9.27. The molecule has 3 aromatic rings. The molecule has 130 valence electrons. The number of thiazole rings is 1. The molecule has 0 radical (unpaired) electrons. The lowest BCUT2D eigenvalue weighted by atomic mass is 10.2. The largest absolute Gasteiger partial charge is 0.373 e. The fraction of sp³-hybridized carbons (Fsp3) is 0.389. The fourth-order valence-corrected chi connectivity index (χ4v) is 3.88. The van der Waals surface area contributed by atoms with Gasteiger partial charge >= 0.3 is 0 Å². The maximum absolute atomic E-state index is 5.97. The molecule has 0 N–H and O–H groups in total. The molecule has 1 atom stereocenters. The maximum atomic E-state index is 5.97. The number of nitrogens with zero attached hydrogens (tertiary/aromatic N) is 5. The zero-order chi connectivity index (χ0) is 17.1. The quantitative estimate of drug-likeness (QED) is 0.680. The molecule has 3 aromatic heterocycles. The Hall–Kier alpha value is -2.09. The number of rotatable bonds is 6. The normalized spacial score (nSPS) is 17.6. The first kappa shape index (κ1) is 16.4. The summed E-state index contributed by atoms with van der Waals surface area (Å²) >= 11 is 1.70. The standard InChI is InChI=1S/C18H21N5OS/c1-14-3-2-4-15(21-14)11-24-12-17-9-22(10-18-20-5-6-25-18)8-16-7-19-13-23(16)17/h2-7,13,17H,8-12H2,1H3/t17-/m1/s1. The van der Waals surface area contributed by atoms with E-state index in [2.05, 4.69) is 24.4 Å². The average molecular weight is 355 g/mol. The van der Waals surface area contributed by atoms with Crippen molar-refractivity contribution in [3.8, 4) is 0 Å². The molecule has 0 aliphatic carbocycles. The number of hydrogen-bond donors (Lipinski definition) is 0. The van der Waals surface area contributed by atoms with E-state index in [1.54, 1.807) is 11.3 Å². The summed E-state index contributed by atoms with van der Waals surface area (Å²) in [5.41, 5.74) is 3.22. The SMILES string of the molecule is Cc1cccc(COC[C@H]2CN(Cc3nccs3)Cc3cncn32)n1. The molecule has 1 aliphatic heterocycles. The number of pyridine rings is 1. The van der Waals surface area contributed by atoms with Crippen LogP contribution in [0.25, 0.3) is 0 Å². The number of hydrogen-bond acceptors (Lipinski definition) is 6. The molecule has 0 spiro atoms. The van der Waals surface area contributed by atoms with E-state index in [-0.39, 0.29) is 6.04 Å². The van der Waals surface area contributed by atoms with Gasteiger partial charge in [-0.3, -0.25) is 9.88 Å². The third kappa shape index (κ3) is 3.95. The van der Waals surface area contributed by atoms with Gasteiger partial charge in [-0.25, -0.2) is 9.97 Å². The predicted molar refractivity (Wildman–Crippen MR) is 96.1 cm³/mol. The molecular formula is C18H21N5OS. The highest BCUT2D eigenvalue weighted by Crippen LogP contribution is 2.23. The van der Waals surface area contributed by atoms with Crippen LogP contribution in [0.5, 0.6) is 0 Å². The van der Waals surface area contributed by atoms with Crippen molar-refractivity contribution in [1.29, 1.82) is 0 Å². The van der Waals surface area contributed by atoms with E-state index in [0.29, 0.717) is 13.2 Å². The van der Waals surface area contributed by atoms with Crippen molar-refractivity contribution in [2.75, 3.05) is 13.2 Å². The van der Waals surface area contributed by atoms with Crippen LogP contribution in [0.2, 0.25) is 0 Å². The summed E-state index contributed by atoms with van der Waals surface area (Å²) in [4.78, 5) is 15.6. The van der Waals surface area contributed by atoms with Gasteiger partial charge in [0.05, 0.1) is 43.5 Å². The zero-order valence-electron chi connectivity index (χ0n) is 14.2. The van der Waals surface area contributed by atoms with Gasteiger partial charge in [0.15, 0.2) is 0 Å². The molecular weight excluding hydrogens is 334 g/mol. The molecule has 6 nitrogen and oxygen atoms in total. The van der Waals surface area contributed by atoms with Gasteiger partial charge in [-0.15, -0.1) is 11.3 Å². The molecule has 4 heterocycles. The summed E-state index contributed by atoms with van der Waals surface area (Å²) in [5, 5.41) is 3.18. The lowest BCUT2D eigenvalue weighted by Gasteiger charge is -2.33. The number of ether oxygens (including phenoxy) is 1. The lowest BCUT2D eigenvalue weighted by Crippen LogP contribution is -2.38. The number of fused-ring (bicyclic) bond motifs is 1. The monoisotopic (exact) mass is 355 g/mol. The minimum Gasteiger partial charge on any atom is -0.373 e. The number of aryl methyl sites for hydroxylation is 1. The molecule has 0 unspecified atom stereocenters. The van der Waals surface area contributed by atoms with E-state index in [1.807, 2.05) is 49.2 Å². The second-order valence-electron chi connectivity index (χ2n) is 6.33. The first-order valence-electron chi connectivity index (χ1n) is 8.39. The molecule has 4 rings (SSSR count). The first-order chi connectivity index (χ1) is 12.3. The van der Waals surface area contributed by atoms with E-state index in [4.69, 9.17) is 4.74 Å². The van der Waals surface area contributed by atoms with E-state index >= 15 is 0 Å². The van der Waals surface area contributed by atoms with Crippen molar-refractivity contribution in [3.05, 3.63) is 64.4 Å². The van der Waals surface area contributed by atoms with Crippen LogP contribution in [0, 0.1) is 6.92 Å². The van der Waals surface area contributed by atoms with E-state index < -0.39 is 0 Å². The molecule has 0 aromatic carbocycles. The van der Waals surface area contributed by atoms with Crippen LogP contribution in [0.4, 0.5) is 0 Å². The van der Waals surface area contributed by atoms with Crippen molar-refractivity contribution in [2.45, 2.75) is 32.7 Å². The number of imidazole rings is 1. The van der Waals surface area contributed by atoms with Crippen molar-refractivity contribution in [2.24, 2.45) is 0 Å². The maximum Gasteiger partial charge on any atom is 0.107 e. The second kappa shape index (κ2) is 7.43. The summed E-state index contributed by atoms with van der Waals surface area (Å²) in [6.07, 6.45) is 5.72. The van der Waals surface area contributed by atoms with Gasteiger partial charge in [-0.1, -0.05) is 6.07 Å². The van der Waals surface area contributed by atoms with Gasteiger partial charge in [0.2, 0.25) is 0 Å². The smallest absolute Gasteiger partial charge is 0.107 e. The Morgan fingerprint density at radius 2 is 2.32 bits per heavy atom. The Morgan fingerprint density at radius 3 is 3.16 bits per heavy atom. The van der Waals surface area contributed by atoms with Crippen LogP contribution in [-0.2, 0) is 24.4 Å². The molecule has 0 amide bonds. The van der Waals surface area contributed by atoms with Gasteiger partial charge in [0.1, 0.15) is 5.01 Å². The van der Waals surface area contributed by atoms with E-state index in [1.165, 1.54) is 5.69 Å². The Balaban J connectivity index is 1.39. The van der Waals surface area contributed by atoms with Crippen LogP contribution < -0.4 is 0 Å². The van der Waals surface area contributed by atoms with E-state index in [0.717, 1.165) is 36.0 Å². The highest BCUT2D eigenvalue weighted by atomic mass is 32.1. The number of aromatic nitrogens is 4. The fourth-order valence-electron chi connectivity index (χ4n) is 3.22. The van der Waals surface area contributed by atoms with Crippen molar-refractivity contribution >= 4 is 11.3 Å². The molecule has 1 aliphatic rings. The summed E-state index contributed by atoms with van der Waals surface area (Å²) in [6.45, 7) is 5.89. The van der Waals surface area contributed by atoms with Crippen LogP contribution in [-0.4, -0.2) is 37.6 Å². The molecule has 25 heavy (non-hydrogen) atoms. The summed E-state index contributed by atoms with van der Waals surface area (Å²) in [7, 11) is 0. The van der Waals surface area contributed by atoms with Gasteiger partial charge in [-0.2, -0.15) is 0 Å². The zero-order valence-corrected chi connectivity index (χ0v) is 15.0. The van der Waals surface area contributed by atoms with Crippen molar-refractivity contribution < 1.29 is 4.74 Å². The van der Waals surface area contributed by atoms with Crippen LogP contribution in [0.3, 0.4) is 0 Å². The lowest BCUT2D eigenvalue weighted by molar-refractivity contribution is 0.0572. The average Bonchev–Trinajstić information content (AvgIpc) is 3.26. The van der Waals surface area contributed by atoms with Gasteiger partial charge in [0.25, 0.3) is 0 Å². The Morgan fingerprint density at radius 1 is 1.36 bits per heavy atom. The summed E-state index contributed by atoms with van der Waals surface area (Å²) in [6, 6.07) is 6.28. The van der Waals surface area contributed by atoms with Gasteiger partial charge in [-0.05, 0) is 19.1 Å². The Bertz CT molecular complexity index is 817. The van der Waals surface area contributed by atoms with Crippen LogP contribution in [0.15, 0.2) is 42.3 Å². The molecule has 0 saturated heterocycles.